The molecular weight excluding hydrogens is 306 g/mol. The van der Waals surface area contributed by atoms with Crippen molar-refractivity contribution < 1.29 is 0 Å². The molecule has 5 N–H and O–H groups in total. The van der Waals surface area contributed by atoms with Crippen molar-refractivity contribution in [3.05, 3.63) is 0 Å². The Kier molecular flexibility index (Phi) is 54.7. The largest absolute Gasteiger partial charge is 0.257 e. The van der Waals surface area contributed by atoms with Crippen LogP contribution in [0.15, 0.2) is 0 Å². The highest BCUT2D eigenvalue weighted by atomic mass is 35.5. The van der Waals surface area contributed by atoms with Crippen LogP contribution in [0.25, 0.3) is 0 Å². The Labute approximate surface area is 130 Å². The van der Waals surface area contributed by atoms with E-state index >= 15 is 0 Å². The number of nitrogens with one attached hydrogen (secondary N) is 3. The Morgan fingerprint density at radius 1 is 0.765 bits per heavy atom. The summed E-state index contributed by atoms with van der Waals surface area (Å²) >= 11 is 0. The van der Waals surface area contributed by atoms with Crippen LogP contribution in [0.2, 0.25) is 0 Å². The van der Waals surface area contributed by atoms with E-state index in [1.807, 2.05) is 0 Å². The van der Waals surface area contributed by atoms with E-state index in [1.54, 1.807) is 0 Å². The molecule has 0 saturated carbocycles. The number of hydrogen-bond donors (Lipinski definition) is 4. The molecule has 112 valence electrons. The first-order chi connectivity index (χ1) is 6.41. The van der Waals surface area contributed by atoms with Gasteiger partial charge in [-0.1, -0.05) is 45.4 Å². The van der Waals surface area contributed by atoms with Crippen LogP contribution in [0.4, 0.5) is 0 Å². The van der Waals surface area contributed by atoms with Gasteiger partial charge in [0.2, 0.25) is 0 Å². The van der Waals surface area contributed by atoms with Gasteiger partial charge in [-0.3, -0.25) is 5.84 Å². The van der Waals surface area contributed by atoms with Gasteiger partial charge in [-0.25, -0.2) is 5.43 Å². The predicted molar refractivity (Wildman–Crippen MR) is 85.4 cm³/mol. The number of nitrogens with two attached hydrogens (primary N) is 1. The van der Waals surface area contributed by atoms with Crippen LogP contribution in [0.5, 0.6) is 0 Å². The maximum absolute atomic E-state index is 5.00. The van der Waals surface area contributed by atoms with Gasteiger partial charge < -0.3 is 0 Å². The molecule has 0 heterocycles. The molecule has 0 saturated heterocycles. The van der Waals surface area contributed by atoms with Gasteiger partial charge in [-0.05, 0) is 6.42 Å². The predicted octanol–water partition coefficient (Wildman–Crippen LogP) is 2.90. The lowest BCUT2D eigenvalue weighted by Gasteiger charge is -2.04. The molecule has 0 atom stereocenters. The van der Waals surface area contributed by atoms with Crippen LogP contribution >= 0.6 is 49.6 Å². The molecule has 17 heavy (non-hydrogen) atoms. The van der Waals surface area contributed by atoms with E-state index in [9.17, 15) is 0 Å². The highest BCUT2D eigenvalue weighted by Crippen LogP contribution is 2.05. The second kappa shape index (κ2) is 30.2. The molecule has 0 unspecified atom stereocenters. The summed E-state index contributed by atoms with van der Waals surface area (Å²) in [6, 6.07) is 0. The van der Waals surface area contributed by atoms with Crippen LogP contribution in [0.3, 0.4) is 0 Å². The Morgan fingerprint density at radius 3 is 1.71 bits per heavy atom. The Balaban J connectivity index is -0.000000120. The third-order valence-corrected chi connectivity index (χ3v) is 2.07. The summed E-state index contributed by atoms with van der Waals surface area (Å²) in [7, 11) is 0. The van der Waals surface area contributed by atoms with Gasteiger partial charge in [0.05, 0.1) is 0 Å². The summed E-state index contributed by atoms with van der Waals surface area (Å²) < 4.78 is 0. The zero-order valence-electron chi connectivity index (χ0n) is 10.4. The van der Waals surface area contributed by atoms with Crippen molar-refractivity contribution in [3.8, 4) is 0 Å². The third kappa shape index (κ3) is 31.6. The zero-order chi connectivity index (χ0) is 9.78. The maximum Gasteiger partial charge on any atom is 0.0113 e. The quantitative estimate of drug-likeness (QED) is 0.282. The van der Waals surface area contributed by atoms with Gasteiger partial charge in [0.15, 0.2) is 0 Å². The van der Waals surface area contributed by atoms with E-state index in [0.29, 0.717) is 0 Å². The fourth-order valence-electron chi connectivity index (χ4n) is 1.28. The van der Waals surface area contributed by atoms with Gasteiger partial charge in [-0.15, -0.1) is 49.6 Å². The standard InChI is InChI=1S/C9H24N4.4ClH/c1-2-3-4-5-6-7-8-9-11-13-12-10;;;;/h11-13H,2-10H2,1H3;4*1H. The number of hydrazine groups is 3. The molecule has 0 aliphatic heterocycles. The van der Waals surface area contributed by atoms with Crippen LogP contribution in [0.1, 0.15) is 51.9 Å². The lowest BCUT2D eigenvalue weighted by molar-refractivity contribution is 0.431. The first kappa shape index (κ1) is 30.8. The zero-order valence-corrected chi connectivity index (χ0v) is 13.6. The molecule has 0 amide bonds. The second-order valence-corrected chi connectivity index (χ2v) is 3.32. The van der Waals surface area contributed by atoms with Crippen molar-refractivity contribution in [2.75, 3.05) is 6.54 Å². The van der Waals surface area contributed by atoms with Crippen molar-refractivity contribution in [3.63, 3.8) is 0 Å². The molecule has 0 aromatic carbocycles. The van der Waals surface area contributed by atoms with Crippen molar-refractivity contribution in [2.45, 2.75) is 51.9 Å². The van der Waals surface area contributed by atoms with Gasteiger partial charge in [0.1, 0.15) is 0 Å². The minimum absolute atomic E-state index is 0. The molecule has 0 spiro atoms. The molecule has 0 aromatic heterocycles. The summed E-state index contributed by atoms with van der Waals surface area (Å²) in [5.41, 5.74) is 7.91. The number of unbranched alkanes of at least 4 members (excludes halogenated alkanes) is 6. The van der Waals surface area contributed by atoms with Gasteiger partial charge in [-0.2, -0.15) is 11.1 Å². The number of halogens is 4. The van der Waals surface area contributed by atoms with E-state index in [2.05, 4.69) is 23.4 Å². The van der Waals surface area contributed by atoms with Crippen LogP contribution < -0.4 is 22.3 Å². The van der Waals surface area contributed by atoms with Crippen LogP contribution in [0, 0.1) is 0 Å². The van der Waals surface area contributed by atoms with E-state index in [1.165, 1.54) is 44.9 Å². The first-order valence-electron chi connectivity index (χ1n) is 5.35. The molecule has 0 radical (unpaired) electrons. The number of hydrogen-bond acceptors (Lipinski definition) is 4. The smallest absolute Gasteiger partial charge is 0.0113 e. The number of rotatable bonds is 10. The lowest BCUT2D eigenvalue weighted by Crippen LogP contribution is -2.47. The molecule has 0 rings (SSSR count). The Bertz CT molecular complexity index is 91.1. The SMILES string of the molecule is CCCCCCCCCNNNN.Cl.Cl.Cl.Cl. The lowest BCUT2D eigenvalue weighted by atomic mass is 10.1. The van der Waals surface area contributed by atoms with Crippen molar-refractivity contribution in [1.29, 1.82) is 0 Å². The molecule has 4 nitrogen and oxygen atoms in total. The Morgan fingerprint density at radius 2 is 1.24 bits per heavy atom. The van der Waals surface area contributed by atoms with Gasteiger partial charge in [0, 0.05) is 6.54 Å². The van der Waals surface area contributed by atoms with Crippen molar-refractivity contribution in [1.82, 2.24) is 16.5 Å². The summed E-state index contributed by atoms with van der Waals surface area (Å²) in [4.78, 5) is 0. The van der Waals surface area contributed by atoms with Crippen LogP contribution in [-0.2, 0) is 0 Å². The third-order valence-electron chi connectivity index (χ3n) is 2.07. The highest BCUT2D eigenvalue weighted by Gasteiger charge is 1.89. The molecule has 0 aliphatic carbocycles. The maximum atomic E-state index is 5.00. The normalized spacial score (nSPS) is 8.12. The fourth-order valence-corrected chi connectivity index (χ4v) is 1.28. The second-order valence-electron chi connectivity index (χ2n) is 3.32. The van der Waals surface area contributed by atoms with E-state index in [0.717, 1.165) is 6.54 Å². The summed E-state index contributed by atoms with van der Waals surface area (Å²) in [5, 5.41) is 0. The highest BCUT2D eigenvalue weighted by molar-refractivity contribution is 5.86. The first-order valence-corrected chi connectivity index (χ1v) is 5.35. The van der Waals surface area contributed by atoms with Gasteiger partial charge >= 0.3 is 0 Å². The average molecular weight is 334 g/mol. The molecule has 0 bridgehead atoms. The van der Waals surface area contributed by atoms with E-state index in [4.69, 9.17) is 5.84 Å². The van der Waals surface area contributed by atoms with E-state index < -0.39 is 0 Å². The minimum Gasteiger partial charge on any atom is -0.257 e. The monoisotopic (exact) mass is 332 g/mol. The van der Waals surface area contributed by atoms with Crippen LogP contribution in [-0.4, -0.2) is 6.54 Å². The topological polar surface area (TPSA) is 62.1 Å². The molecule has 8 heteroatoms. The minimum atomic E-state index is 0. The molecule has 0 aliphatic rings. The molecule has 0 aromatic rings. The fraction of sp³-hybridized carbons (Fsp3) is 1.00. The Hall–Kier alpha value is 1.00. The van der Waals surface area contributed by atoms with E-state index in [-0.39, 0.29) is 49.6 Å². The summed E-state index contributed by atoms with van der Waals surface area (Å²) in [6.45, 7) is 3.22. The average Bonchev–Trinajstić information content (AvgIpc) is 2.16. The van der Waals surface area contributed by atoms with Crippen molar-refractivity contribution in [2.24, 2.45) is 5.84 Å². The van der Waals surface area contributed by atoms with Crippen molar-refractivity contribution >= 4 is 49.6 Å². The van der Waals surface area contributed by atoms with Gasteiger partial charge in [0.25, 0.3) is 0 Å². The summed E-state index contributed by atoms with van der Waals surface area (Å²) in [5.74, 6) is 5.00. The summed E-state index contributed by atoms with van der Waals surface area (Å²) in [6.07, 6.45) is 9.37. The molecule has 0 fully saturated rings. The molecular formula is C9H28Cl4N4.